The molecular formula is C13H15NO2. The molecule has 0 saturated carbocycles. The molecule has 0 aliphatic carbocycles. The smallest absolute Gasteiger partial charge is 0.251 e. The summed E-state index contributed by atoms with van der Waals surface area (Å²) in [5.74, 6) is 0.781. The maximum Gasteiger partial charge on any atom is 0.251 e. The first-order valence-corrected chi connectivity index (χ1v) is 5.44. The van der Waals surface area contributed by atoms with Crippen molar-refractivity contribution in [3.8, 4) is 5.75 Å². The van der Waals surface area contributed by atoms with Crippen molar-refractivity contribution in [2.45, 2.75) is 19.9 Å². The molecule has 0 amide bonds. The predicted molar refractivity (Wildman–Crippen MR) is 65.1 cm³/mol. The highest BCUT2D eigenvalue weighted by Crippen LogP contribution is 2.19. The molecule has 2 aromatic rings. The van der Waals surface area contributed by atoms with Gasteiger partial charge in [0.15, 0.2) is 0 Å². The van der Waals surface area contributed by atoms with Gasteiger partial charge >= 0.3 is 0 Å². The molecule has 0 saturated heterocycles. The van der Waals surface area contributed by atoms with Crippen LogP contribution in [0.2, 0.25) is 0 Å². The Labute approximate surface area is 94.3 Å². The third-order valence-corrected chi connectivity index (χ3v) is 2.65. The second-order valence-corrected chi connectivity index (χ2v) is 3.75. The molecule has 0 bridgehead atoms. The Balaban J connectivity index is 2.72. The van der Waals surface area contributed by atoms with Crippen molar-refractivity contribution in [2.24, 2.45) is 0 Å². The number of pyridine rings is 1. The van der Waals surface area contributed by atoms with Gasteiger partial charge in [-0.1, -0.05) is 6.92 Å². The maximum absolute atomic E-state index is 11.7. The van der Waals surface area contributed by atoms with Crippen LogP contribution in [0.5, 0.6) is 5.75 Å². The molecule has 0 spiro atoms. The standard InChI is InChI=1S/C13H15NO2/c1-3-8-14-12-9-11(16-2)6-4-10(12)5-7-13(14)15/h4-7,9H,3,8H2,1-2H3. The van der Waals surface area contributed by atoms with Crippen molar-refractivity contribution in [2.75, 3.05) is 7.11 Å². The molecule has 3 heteroatoms. The van der Waals surface area contributed by atoms with Crippen molar-refractivity contribution in [3.05, 3.63) is 40.7 Å². The summed E-state index contributed by atoms with van der Waals surface area (Å²) in [7, 11) is 1.63. The molecule has 0 N–H and O–H groups in total. The van der Waals surface area contributed by atoms with Gasteiger partial charge in [-0.2, -0.15) is 0 Å². The van der Waals surface area contributed by atoms with E-state index in [1.807, 2.05) is 24.3 Å². The molecule has 0 fully saturated rings. The van der Waals surface area contributed by atoms with Crippen molar-refractivity contribution in [1.82, 2.24) is 4.57 Å². The van der Waals surface area contributed by atoms with E-state index in [1.54, 1.807) is 17.7 Å². The second kappa shape index (κ2) is 4.39. The van der Waals surface area contributed by atoms with Crippen LogP contribution in [0.3, 0.4) is 0 Å². The Kier molecular flexibility index (Phi) is 2.95. The van der Waals surface area contributed by atoms with E-state index >= 15 is 0 Å². The average Bonchev–Trinajstić information content (AvgIpc) is 2.32. The highest BCUT2D eigenvalue weighted by molar-refractivity contribution is 5.80. The highest BCUT2D eigenvalue weighted by Gasteiger charge is 2.03. The van der Waals surface area contributed by atoms with Crippen LogP contribution in [-0.2, 0) is 6.54 Å². The monoisotopic (exact) mass is 217 g/mol. The van der Waals surface area contributed by atoms with Crippen LogP contribution in [0.25, 0.3) is 10.9 Å². The van der Waals surface area contributed by atoms with Crippen LogP contribution >= 0.6 is 0 Å². The summed E-state index contributed by atoms with van der Waals surface area (Å²) in [6, 6.07) is 9.25. The lowest BCUT2D eigenvalue weighted by atomic mass is 10.2. The second-order valence-electron chi connectivity index (χ2n) is 3.75. The fourth-order valence-corrected chi connectivity index (χ4v) is 1.85. The normalized spacial score (nSPS) is 10.6. The van der Waals surface area contributed by atoms with Crippen LogP contribution in [0, 0.1) is 0 Å². The highest BCUT2D eigenvalue weighted by atomic mass is 16.5. The summed E-state index contributed by atoms with van der Waals surface area (Å²) < 4.78 is 6.97. The molecule has 0 aliphatic heterocycles. The van der Waals surface area contributed by atoms with E-state index in [9.17, 15) is 4.79 Å². The number of ether oxygens (including phenoxy) is 1. The van der Waals surface area contributed by atoms with Gasteiger partial charge in [-0.05, 0) is 30.0 Å². The van der Waals surface area contributed by atoms with E-state index in [4.69, 9.17) is 4.74 Å². The quantitative estimate of drug-likeness (QED) is 0.790. The van der Waals surface area contributed by atoms with Gasteiger partial charge in [-0.15, -0.1) is 0 Å². The van der Waals surface area contributed by atoms with Gasteiger partial charge in [0.1, 0.15) is 5.75 Å². The summed E-state index contributed by atoms with van der Waals surface area (Å²) in [5, 5.41) is 1.06. The zero-order valence-electron chi connectivity index (χ0n) is 9.56. The minimum Gasteiger partial charge on any atom is -0.497 e. The molecular weight excluding hydrogens is 202 g/mol. The molecule has 0 unspecified atom stereocenters. The summed E-state index contributed by atoms with van der Waals surface area (Å²) in [6.07, 6.45) is 0.941. The number of nitrogens with zero attached hydrogens (tertiary/aromatic N) is 1. The van der Waals surface area contributed by atoms with E-state index in [1.165, 1.54) is 0 Å². The largest absolute Gasteiger partial charge is 0.497 e. The van der Waals surface area contributed by atoms with E-state index < -0.39 is 0 Å². The predicted octanol–water partition coefficient (Wildman–Crippen LogP) is 2.42. The Morgan fingerprint density at radius 1 is 1.25 bits per heavy atom. The molecule has 84 valence electrons. The molecule has 3 nitrogen and oxygen atoms in total. The van der Waals surface area contributed by atoms with E-state index in [0.717, 1.165) is 29.6 Å². The average molecular weight is 217 g/mol. The van der Waals surface area contributed by atoms with Crippen LogP contribution in [-0.4, -0.2) is 11.7 Å². The minimum atomic E-state index is 0.0441. The van der Waals surface area contributed by atoms with Crippen LogP contribution < -0.4 is 10.3 Å². The van der Waals surface area contributed by atoms with Gasteiger partial charge in [-0.25, -0.2) is 0 Å². The number of hydrogen-bond donors (Lipinski definition) is 0. The Bertz CT molecular complexity index is 557. The number of aromatic nitrogens is 1. The molecule has 1 heterocycles. The van der Waals surface area contributed by atoms with Crippen molar-refractivity contribution >= 4 is 10.9 Å². The van der Waals surface area contributed by atoms with Crippen molar-refractivity contribution in [3.63, 3.8) is 0 Å². The van der Waals surface area contributed by atoms with Gasteiger partial charge < -0.3 is 9.30 Å². The maximum atomic E-state index is 11.7. The third kappa shape index (κ3) is 1.81. The van der Waals surface area contributed by atoms with Gasteiger partial charge in [0.25, 0.3) is 5.56 Å². The summed E-state index contributed by atoms with van der Waals surface area (Å²) in [6.45, 7) is 2.80. The lowest BCUT2D eigenvalue weighted by molar-refractivity contribution is 0.415. The molecule has 0 radical (unpaired) electrons. The van der Waals surface area contributed by atoms with Gasteiger partial charge in [0.2, 0.25) is 0 Å². The number of aryl methyl sites for hydroxylation is 1. The SMILES string of the molecule is CCCn1c(=O)ccc2ccc(OC)cc21. The summed E-state index contributed by atoms with van der Waals surface area (Å²) in [5.41, 5.74) is 0.983. The van der Waals surface area contributed by atoms with E-state index in [0.29, 0.717) is 0 Å². The Hall–Kier alpha value is -1.77. The molecule has 2 rings (SSSR count). The van der Waals surface area contributed by atoms with Crippen molar-refractivity contribution < 1.29 is 4.74 Å². The first kappa shape index (κ1) is 10.7. The first-order chi connectivity index (χ1) is 7.76. The number of benzene rings is 1. The lowest BCUT2D eigenvalue weighted by Crippen LogP contribution is -2.18. The van der Waals surface area contributed by atoms with Crippen LogP contribution in [0.15, 0.2) is 35.1 Å². The third-order valence-electron chi connectivity index (χ3n) is 2.65. The molecule has 1 aromatic heterocycles. The summed E-state index contributed by atoms with van der Waals surface area (Å²) in [4.78, 5) is 11.7. The number of methoxy groups -OCH3 is 1. The fourth-order valence-electron chi connectivity index (χ4n) is 1.85. The van der Waals surface area contributed by atoms with Crippen molar-refractivity contribution in [1.29, 1.82) is 0 Å². The van der Waals surface area contributed by atoms with E-state index in [-0.39, 0.29) is 5.56 Å². The van der Waals surface area contributed by atoms with E-state index in [2.05, 4.69) is 6.92 Å². The van der Waals surface area contributed by atoms with Crippen LogP contribution in [0.1, 0.15) is 13.3 Å². The number of hydrogen-bond acceptors (Lipinski definition) is 2. The zero-order chi connectivity index (χ0) is 11.5. The molecule has 1 aromatic carbocycles. The molecule has 0 aliphatic rings. The topological polar surface area (TPSA) is 31.2 Å². The summed E-state index contributed by atoms with van der Waals surface area (Å²) >= 11 is 0. The Morgan fingerprint density at radius 3 is 2.69 bits per heavy atom. The minimum absolute atomic E-state index is 0.0441. The first-order valence-electron chi connectivity index (χ1n) is 5.44. The Morgan fingerprint density at radius 2 is 2.00 bits per heavy atom. The lowest BCUT2D eigenvalue weighted by Gasteiger charge is -2.09. The van der Waals surface area contributed by atoms with Gasteiger partial charge in [-0.3, -0.25) is 4.79 Å². The van der Waals surface area contributed by atoms with Gasteiger partial charge in [0, 0.05) is 18.7 Å². The molecule has 0 atom stereocenters. The molecule has 16 heavy (non-hydrogen) atoms. The van der Waals surface area contributed by atoms with Crippen LogP contribution in [0.4, 0.5) is 0 Å². The fraction of sp³-hybridized carbons (Fsp3) is 0.308. The van der Waals surface area contributed by atoms with Gasteiger partial charge in [0.05, 0.1) is 12.6 Å². The number of fused-ring (bicyclic) bond motifs is 1. The zero-order valence-corrected chi connectivity index (χ0v) is 9.56. The number of rotatable bonds is 3.